The third-order valence-corrected chi connectivity index (χ3v) is 2.63. The molecule has 1 unspecified atom stereocenters. The van der Waals surface area contributed by atoms with E-state index in [1.165, 1.54) is 19.3 Å². The topological polar surface area (TPSA) is 38.8 Å². The summed E-state index contributed by atoms with van der Waals surface area (Å²) in [6.07, 6.45) is 8.02. The number of unbranched alkanes of at least 4 members (excludes halogenated alkanes) is 4. The molecule has 3 heteroatoms. The van der Waals surface area contributed by atoms with Crippen LogP contribution in [0, 0.1) is 0 Å². The van der Waals surface area contributed by atoms with Crippen molar-refractivity contribution in [3.05, 3.63) is 11.6 Å². The van der Waals surface area contributed by atoms with Crippen molar-refractivity contribution in [3.8, 4) is 0 Å². The summed E-state index contributed by atoms with van der Waals surface area (Å²) in [5, 5.41) is 0. The molecule has 1 fully saturated rings. The van der Waals surface area contributed by atoms with Gasteiger partial charge in [0.05, 0.1) is 6.61 Å². The van der Waals surface area contributed by atoms with Crippen LogP contribution in [0.25, 0.3) is 0 Å². The number of hydrogen-bond donors (Lipinski definition) is 0. The molecule has 92 valence electrons. The van der Waals surface area contributed by atoms with Gasteiger partial charge in [0.2, 0.25) is 0 Å². The maximum absolute atomic E-state index is 11.4. The van der Waals surface area contributed by atoms with E-state index in [0.29, 0.717) is 6.61 Å². The van der Waals surface area contributed by atoms with E-state index >= 15 is 0 Å². The van der Waals surface area contributed by atoms with Gasteiger partial charge in [0.25, 0.3) is 0 Å². The first-order chi connectivity index (χ1) is 7.74. The first-order valence-corrected chi connectivity index (χ1v) is 6.19. The zero-order valence-electron chi connectivity index (χ0n) is 10.3. The number of allylic oxidation sites excluding steroid dienone is 1. The second-order valence-electron chi connectivity index (χ2n) is 4.29. The lowest BCUT2D eigenvalue weighted by molar-refractivity contribution is -0.139. The van der Waals surface area contributed by atoms with Crippen LogP contribution in [0.15, 0.2) is 11.6 Å². The van der Waals surface area contributed by atoms with Gasteiger partial charge in [0, 0.05) is 5.57 Å². The molecule has 1 atom stereocenters. The largest absolute Gasteiger partial charge is 0.459 e. The van der Waals surface area contributed by atoms with Crippen LogP contribution in [-0.4, -0.2) is 25.3 Å². The highest BCUT2D eigenvalue weighted by Crippen LogP contribution is 2.11. The Balaban J connectivity index is 2.07. The number of epoxide rings is 1. The Kier molecular flexibility index (Phi) is 6.16. The molecule has 0 radical (unpaired) electrons. The molecule has 1 heterocycles. The number of hydrogen-bond acceptors (Lipinski definition) is 3. The summed E-state index contributed by atoms with van der Waals surface area (Å²) >= 11 is 0. The van der Waals surface area contributed by atoms with Gasteiger partial charge < -0.3 is 9.47 Å². The molecular formula is C13H22O3. The molecule has 0 aliphatic carbocycles. The van der Waals surface area contributed by atoms with Crippen LogP contribution in [-0.2, 0) is 14.3 Å². The van der Waals surface area contributed by atoms with Gasteiger partial charge in [-0.1, -0.05) is 32.3 Å². The summed E-state index contributed by atoms with van der Waals surface area (Å²) in [4.78, 5) is 11.4. The monoisotopic (exact) mass is 226 g/mol. The molecule has 0 spiro atoms. The Labute approximate surface area is 97.8 Å². The maximum atomic E-state index is 11.4. The highest BCUT2D eigenvalue weighted by atomic mass is 16.6. The van der Waals surface area contributed by atoms with E-state index in [4.69, 9.17) is 9.47 Å². The Morgan fingerprint density at radius 1 is 1.44 bits per heavy atom. The molecular weight excluding hydrogens is 204 g/mol. The molecule has 1 aliphatic heterocycles. The van der Waals surface area contributed by atoms with Crippen molar-refractivity contribution < 1.29 is 14.3 Å². The molecule has 1 rings (SSSR count). The average Bonchev–Trinajstić information content (AvgIpc) is 3.09. The molecule has 3 nitrogen and oxygen atoms in total. The standard InChI is InChI=1S/C13H22O3/c1-3-4-5-6-7-8-11(2)13(14)16-10-12-9-15-12/h8,12H,3-7,9-10H2,1-2H3. The molecule has 1 saturated heterocycles. The van der Waals surface area contributed by atoms with E-state index < -0.39 is 0 Å². The van der Waals surface area contributed by atoms with E-state index in [0.717, 1.165) is 25.0 Å². The summed E-state index contributed by atoms with van der Waals surface area (Å²) in [6, 6.07) is 0. The fourth-order valence-corrected chi connectivity index (χ4v) is 1.42. The van der Waals surface area contributed by atoms with Crippen LogP contribution in [0.1, 0.15) is 46.0 Å². The lowest BCUT2D eigenvalue weighted by Gasteiger charge is -2.02. The van der Waals surface area contributed by atoms with Crippen LogP contribution in [0.3, 0.4) is 0 Å². The number of carbonyl (C=O) groups excluding carboxylic acids is 1. The Morgan fingerprint density at radius 3 is 2.81 bits per heavy atom. The van der Waals surface area contributed by atoms with Crippen molar-refractivity contribution in [1.29, 1.82) is 0 Å². The van der Waals surface area contributed by atoms with Gasteiger partial charge in [-0.25, -0.2) is 4.79 Å². The molecule has 0 N–H and O–H groups in total. The normalized spacial score (nSPS) is 19.6. The van der Waals surface area contributed by atoms with E-state index in [1.807, 2.05) is 13.0 Å². The number of rotatable bonds is 8. The van der Waals surface area contributed by atoms with Gasteiger partial charge >= 0.3 is 5.97 Å². The van der Waals surface area contributed by atoms with E-state index in [2.05, 4.69) is 6.92 Å². The first kappa shape index (κ1) is 13.2. The van der Waals surface area contributed by atoms with Gasteiger partial charge in [-0.05, 0) is 19.8 Å². The number of ether oxygens (including phenoxy) is 2. The van der Waals surface area contributed by atoms with Crippen molar-refractivity contribution in [2.45, 2.75) is 52.1 Å². The van der Waals surface area contributed by atoms with E-state index in [9.17, 15) is 4.79 Å². The molecule has 0 amide bonds. The minimum Gasteiger partial charge on any atom is -0.459 e. The second kappa shape index (κ2) is 7.44. The highest BCUT2D eigenvalue weighted by Gasteiger charge is 2.24. The van der Waals surface area contributed by atoms with E-state index in [-0.39, 0.29) is 12.1 Å². The minimum absolute atomic E-state index is 0.154. The van der Waals surface area contributed by atoms with Gasteiger partial charge in [-0.2, -0.15) is 0 Å². The van der Waals surface area contributed by atoms with Crippen LogP contribution in [0.4, 0.5) is 0 Å². The summed E-state index contributed by atoms with van der Waals surface area (Å²) < 4.78 is 10.0. The third kappa shape index (κ3) is 5.91. The van der Waals surface area contributed by atoms with Crippen LogP contribution in [0.2, 0.25) is 0 Å². The smallest absolute Gasteiger partial charge is 0.333 e. The van der Waals surface area contributed by atoms with Crippen LogP contribution >= 0.6 is 0 Å². The summed E-state index contributed by atoms with van der Waals surface area (Å²) in [5.41, 5.74) is 0.720. The molecule has 0 aromatic rings. The van der Waals surface area contributed by atoms with Crippen LogP contribution in [0.5, 0.6) is 0 Å². The van der Waals surface area contributed by atoms with Crippen molar-refractivity contribution in [3.63, 3.8) is 0 Å². The second-order valence-corrected chi connectivity index (χ2v) is 4.29. The fraction of sp³-hybridized carbons (Fsp3) is 0.769. The predicted octanol–water partition coefficient (Wildman–Crippen LogP) is 2.85. The molecule has 16 heavy (non-hydrogen) atoms. The summed E-state index contributed by atoms with van der Waals surface area (Å²) in [6.45, 7) is 5.14. The summed E-state index contributed by atoms with van der Waals surface area (Å²) in [7, 11) is 0. The Morgan fingerprint density at radius 2 is 2.19 bits per heavy atom. The lowest BCUT2D eigenvalue weighted by atomic mass is 10.1. The zero-order valence-corrected chi connectivity index (χ0v) is 10.3. The van der Waals surface area contributed by atoms with Gasteiger partial charge in [0.15, 0.2) is 0 Å². The molecule has 0 bridgehead atoms. The Bertz CT molecular complexity index is 242. The number of esters is 1. The van der Waals surface area contributed by atoms with Crippen molar-refractivity contribution in [2.24, 2.45) is 0 Å². The van der Waals surface area contributed by atoms with E-state index in [1.54, 1.807) is 0 Å². The lowest BCUT2D eigenvalue weighted by Crippen LogP contribution is -2.10. The van der Waals surface area contributed by atoms with Gasteiger partial charge in [0.1, 0.15) is 12.7 Å². The van der Waals surface area contributed by atoms with Gasteiger partial charge in [-0.3, -0.25) is 0 Å². The number of carbonyl (C=O) groups is 1. The predicted molar refractivity (Wildman–Crippen MR) is 63.2 cm³/mol. The minimum atomic E-state index is -0.203. The highest BCUT2D eigenvalue weighted by molar-refractivity contribution is 5.87. The van der Waals surface area contributed by atoms with Crippen molar-refractivity contribution in [2.75, 3.05) is 13.2 Å². The third-order valence-electron chi connectivity index (χ3n) is 2.63. The molecule has 0 aromatic heterocycles. The first-order valence-electron chi connectivity index (χ1n) is 6.19. The fourth-order valence-electron chi connectivity index (χ4n) is 1.42. The molecule has 0 saturated carbocycles. The average molecular weight is 226 g/mol. The van der Waals surface area contributed by atoms with Crippen LogP contribution < -0.4 is 0 Å². The van der Waals surface area contributed by atoms with Crippen molar-refractivity contribution >= 4 is 5.97 Å². The zero-order chi connectivity index (χ0) is 11.8. The molecule has 1 aliphatic rings. The Hall–Kier alpha value is -0.830. The molecule has 0 aromatic carbocycles. The quantitative estimate of drug-likeness (QED) is 0.276. The van der Waals surface area contributed by atoms with Gasteiger partial charge in [-0.15, -0.1) is 0 Å². The summed E-state index contributed by atoms with van der Waals surface area (Å²) in [5.74, 6) is -0.203. The maximum Gasteiger partial charge on any atom is 0.333 e. The van der Waals surface area contributed by atoms with Crippen molar-refractivity contribution in [1.82, 2.24) is 0 Å². The SMILES string of the molecule is CCCCCCC=C(C)C(=O)OCC1CO1.